The molecule has 228 valence electrons. The molecule has 0 radical (unpaired) electrons. The van der Waals surface area contributed by atoms with E-state index in [2.05, 4.69) is 25.7 Å². The van der Waals surface area contributed by atoms with Gasteiger partial charge in [-0.15, -0.1) is 11.8 Å². The Morgan fingerprint density at radius 3 is 2.40 bits per heavy atom. The minimum atomic E-state index is -0.586. The average Bonchev–Trinajstić information content (AvgIpc) is 2.96. The van der Waals surface area contributed by atoms with Gasteiger partial charge in [0.2, 0.25) is 0 Å². The molecule has 0 aromatic heterocycles. The number of allylic oxidation sites excluding steroid dienone is 2. The van der Waals surface area contributed by atoms with Crippen LogP contribution in [0.25, 0.3) is 0 Å². The number of nitrogens with one attached hydrogen (secondary N) is 2. The van der Waals surface area contributed by atoms with E-state index in [1.165, 1.54) is 23.9 Å². The van der Waals surface area contributed by atoms with Gasteiger partial charge in [-0.05, 0) is 66.3 Å². The molecule has 0 saturated heterocycles. The zero-order chi connectivity index (χ0) is 31.6. The number of hydrogen-bond acceptors (Lipinski definition) is 4. The van der Waals surface area contributed by atoms with Crippen LogP contribution >= 0.6 is 23.4 Å². The smallest absolute Gasteiger partial charge is 0.185 e. The van der Waals surface area contributed by atoms with Crippen LogP contribution in [0.3, 0.4) is 0 Å². The second kappa shape index (κ2) is 15.7. The lowest BCUT2D eigenvalue weighted by Crippen LogP contribution is -2.31. The Kier molecular flexibility index (Phi) is 12.4. The van der Waals surface area contributed by atoms with Crippen LogP contribution in [0.1, 0.15) is 48.1 Å². The quantitative estimate of drug-likeness (QED) is 0.0773. The van der Waals surface area contributed by atoms with Gasteiger partial charge in [0.25, 0.3) is 0 Å². The Bertz CT molecular complexity index is 1480. The van der Waals surface area contributed by atoms with E-state index in [-0.39, 0.29) is 17.3 Å². The maximum atomic E-state index is 15.1. The summed E-state index contributed by atoms with van der Waals surface area (Å²) in [5.41, 5.74) is 9.40. The van der Waals surface area contributed by atoms with E-state index < -0.39 is 17.0 Å². The fourth-order valence-electron chi connectivity index (χ4n) is 4.45. The van der Waals surface area contributed by atoms with Gasteiger partial charge in [0, 0.05) is 35.9 Å². The molecule has 0 atom stereocenters. The molecule has 0 heterocycles. The van der Waals surface area contributed by atoms with Crippen LogP contribution in [0.5, 0.6) is 5.75 Å². The van der Waals surface area contributed by atoms with Crippen LogP contribution in [0, 0.1) is 24.0 Å². The number of halogens is 3. The molecule has 4 N–H and O–H groups in total. The number of nitrogens with zero attached hydrogens (tertiary/aromatic N) is 1. The Labute approximate surface area is 262 Å². The van der Waals surface area contributed by atoms with E-state index in [4.69, 9.17) is 32.5 Å². The maximum Gasteiger partial charge on any atom is 0.185 e. The summed E-state index contributed by atoms with van der Waals surface area (Å²) in [5, 5.41) is 11.1. The molecule has 0 aliphatic rings. The van der Waals surface area contributed by atoms with Gasteiger partial charge in [0.15, 0.2) is 5.96 Å². The number of aliphatic imine (C=N–C) groups is 1. The van der Waals surface area contributed by atoms with E-state index in [0.717, 1.165) is 22.3 Å². The number of guanidine groups is 1. The lowest BCUT2D eigenvalue weighted by atomic mass is 9.78. The van der Waals surface area contributed by atoms with Gasteiger partial charge < -0.3 is 15.8 Å². The monoisotopic (exact) mass is 624 g/mol. The summed E-state index contributed by atoms with van der Waals surface area (Å²) in [6, 6.07) is 16.5. The van der Waals surface area contributed by atoms with Crippen LogP contribution < -0.4 is 15.8 Å². The Balaban J connectivity index is 1.88. The highest BCUT2D eigenvalue weighted by molar-refractivity contribution is 8.13. The molecule has 0 saturated carbocycles. The number of aryl methyl sites for hydroxylation is 2. The molecule has 9 heteroatoms. The molecular weight excluding hydrogens is 586 g/mol. The van der Waals surface area contributed by atoms with Crippen LogP contribution in [-0.2, 0) is 24.0 Å². The molecule has 3 aromatic rings. The second-order valence-corrected chi connectivity index (χ2v) is 12.2. The van der Waals surface area contributed by atoms with Gasteiger partial charge in [-0.25, -0.2) is 8.78 Å². The fraction of sp³-hybridized carbons (Fsp3) is 0.294. The van der Waals surface area contributed by atoms with Gasteiger partial charge >= 0.3 is 0 Å². The number of ether oxygens (including phenoxy) is 1. The fourth-order valence-corrected chi connectivity index (χ4v) is 5.63. The molecule has 3 aromatic carbocycles. The summed E-state index contributed by atoms with van der Waals surface area (Å²) in [6.45, 7) is 10.6. The highest BCUT2D eigenvalue weighted by Crippen LogP contribution is 2.36. The van der Waals surface area contributed by atoms with Gasteiger partial charge in [0.1, 0.15) is 17.4 Å². The molecule has 0 fully saturated rings. The number of benzene rings is 3. The predicted octanol–water partition coefficient (Wildman–Crippen LogP) is 8.27. The molecule has 0 unspecified atom stereocenters. The minimum Gasteiger partial charge on any atom is -0.495 e. The SMILES string of the molecule is C=C/C(=C\N=C(/Cc1ccc(C)cc1)SCc1c(F)cc(CCCNC(=N)N)cc1F)C(C)(C)c1ccc(Cl)c(OC)c1. The zero-order valence-corrected chi connectivity index (χ0v) is 26.6. The summed E-state index contributed by atoms with van der Waals surface area (Å²) in [6.07, 6.45) is 5.10. The third-order valence-electron chi connectivity index (χ3n) is 7.18. The van der Waals surface area contributed by atoms with Crippen molar-refractivity contribution in [2.45, 2.75) is 51.2 Å². The molecule has 0 spiro atoms. The normalized spacial score (nSPS) is 12.3. The van der Waals surface area contributed by atoms with Crippen molar-refractivity contribution in [1.82, 2.24) is 5.32 Å². The predicted molar refractivity (Wildman–Crippen MR) is 178 cm³/mol. The van der Waals surface area contributed by atoms with Crippen molar-refractivity contribution in [2.75, 3.05) is 13.7 Å². The van der Waals surface area contributed by atoms with Crippen molar-refractivity contribution < 1.29 is 13.5 Å². The maximum absolute atomic E-state index is 15.1. The Hall–Kier alpha value is -3.62. The van der Waals surface area contributed by atoms with E-state index in [9.17, 15) is 0 Å². The minimum absolute atomic E-state index is 0.00808. The first-order valence-corrected chi connectivity index (χ1v) is 15.3. The van der Waals surface area contributed by atoms with Crippen molar-refractivity contribution in [3.63, 3.8) is 0 Å². The van der Waals surface area contributed by atoms with E-state index in [1.807, 2.05) is 43.3 Å². The average molecular weight is 625 g/mol. The van der Waals surface area contributed by atoms with Crippen molar-refractivity contribution in [2.24, 2.45) is 10.7 Å². The lowest BCUT2D eigenvalue weighted by molar-refractivity contribution is 0.413. The number of thioether (sulfide) groups is 1. The highest BCUT2D eigenvalue weighted by Gasteiger charge is 2.25. The zero-order valence-electron chi connectivity index (χ0n) is 25.1. The molecular formula is C34H39ClF2N4OS. The van der Waals surface area contributed by atoms with Gasteiger partial charge in [0.05, 0.1) is 17.2 Å². The van der Waals surface area contributed by atoms with Crippen LogP contribution in [0.15, 0.2) is 84.0 Å². The van der Waals surface area contributed by atoms with Crippen LogP contribution in [0.4, 0.5) is 8.78 Å². The van der Waals surface area contributed by atoms with Crippen LogP contribution in [0.2, 0.25) is 5.02 Å². The summed E-state index contributed by atoms with van der Waals surface area (Å²) in [7, 11) is 1.58. The van der Waals surface area contributed by atoms with Gasteiger partial charge in [-0.1, -0.05) is 74.0 Å². The number of hydrogen-bond donors (Lipinski definition) is 3. The van der Waals surface area contributed by atoms with Gasteiger partial charge in [-0.2, -0.15) is 0 Å². The number of rotatable bonds is 13. The first-order chi connectivity index (χ1) is 20.4. The molecule has 5 nitrogen and oxygen atoms in total. The van der Waals surface area contributed by atoms with Crippen molar-refractivity contribution >= 4 is 34.4 Å². The van der Waals surface area contributed by atoms with Crippen molar-refractivity contribution in [1.29, 1.82) is 5.41 Å². The van der Waals surface area contributed by atoms with E-state index >= 15 is 8.78 Å². The van der Waals surface area contributed by atoms with E-state index in [0.29, 0.717) is 47.2 Å². The Morgan fingerprint density at radius 1 is 1.12 bits per heavy atom. The van der Waals surface area contributed by atoms with E-state index in [1.54, 1.807) is 25.5 Å². The van der Waals surface area contributed by atoms with Gasteiger partial charge in [-0.3, -0.25) is 10.4 Å². The second-order valence-electron chi connectivity index (χ2n) is 10.7. The highest BCUT2D eigenvalue weighted by atomic mass is 35.5. The molecule has 0 aliphatic heterocycles. The summed E-state index contributed by atoms with van der Waals surface area (Å²) in [5.74, 6) is -0.633. The third-order valence-corrected chi connectivity index (χ3v) is 8.51. The first kappa shape index (κ1) is 33.9. The van der Waals surface area contributed by atoms with Crippen molar-refractivity contribution in [3.05, 3.63) is 123 Å². The Morgan fingerprint density at radius 2 is 1.79 bits per heavy atom. The topological polar surface area (TPSA) is 83.5 Å². The molecule has 43 heavy (non-hydrogen) atoms. The first-order valence-electron chi connectivity index (χ1n) is 13.9. The third kappa shape index (κ3) is 9.70. The molecule has 0 amide bonds. The molecule has 3 rings (SSSR count). The summed E-state index contributed by atoms with van der Waals surface area (Å²) >= 11 is 7.56. The summed E-state index contributed by atoms with van der Waals surface area (Å²) in [4.78, 5) is 4.83. The standard InChI is InChI=1S/C34H39ClF2N4OS/c1-6-25(34(3,4)26-13-14-28(35)31(19-26)42-5)20-41-32(18-23-11-9-22(2)10-12-23)43-21-27-29(36)16-24(17-30(27)37)8-7-15-40-33(38)39/h6,9-14,16-17,19-20H,1,7-8,15,18,21H2,2-5H3,(H4,38,39,40)/b25-20+,41-32+. The molecule has 0 bridgehead atoms. The van der Waals surface area contributed by atoms with Crippen molar-refractivity contribution in [3.8, 4) is 5.75 Å². The largest absolute Gasteiger partial charge is 0.495 e. The molecule has 0 aliphatic carbocycles. The lowest BCUT2D eigenvalue weighted by Gasteiger charge is -2.27. The number of nitrogens with two attached hydrogens (primary N) is 1. The summed E-state index contributed by atoms with van der Waals surface area (Å²) < 4.78 is 35.5. The van der Waals surface area contributed by atoms with Crippen LogP contribution in [-0.4, -0.2) is 24.7 Å². The number of methoxy groups -OCH3 is 1.